The number of benzene rings is 1. The van der Waals surface area contributed by atoms with Gasteiger partial charge < -0.3 is 4.74 Å². The second kappa shape index (κ2) is 6.39. The highest BCUT2D eigenvalue weighted by atomic mass is 16.5. The Morgan fingerprint density at radius 3 is 2.67 bits per heavy atom. The molecular weight excluding hydrogens is 264 g/mol. The van der Waals surface area contributed by atoms with Crippen molar-refractivity contribution in [3.05, 3.63) is 47.7 Å². The summed E-state index contributed by atoms with van der Waals surface area (Å²) in [7, 11) is 0. The summed E-state index contributed by atoms with van der Waals surface area (Å²) in [4.78, 5) is 11.1. The van der Waals surface area contributed by atoms with Gasteiger partial charge >= 0.3 is 0 Å². The molecule has 0 fully saturated rings. The maximum absolute atomic E-state index is 11.1. The molecule has 0 amide bonds. The summed E-state index contributed by atoms with van der Waals surface area (Å²) < 4.78 is 7.26. The summed E-state index contributed by atoms with van der Waals surface area (Å²) in [6, 6.07) is 5.87. The highest BCUT2D eigenvalue weighted by Gasteiger charge is 2.12. The van der Waals surface area contributed by atoms with E-state index in [9.17, 15) is 4.79 Å². The molecule has 1 aromatic carbocycles. The molecule has 0 unspecified atom stereocenters. The van der Waals surface area contributed by atoms with E-state index in [1.807, 2.05) is 26.8 Å². The number of aldehydes is 1. The zero-order chi connectivity index (χ0) is 15.4. The van der Waals surface area contributed by atoms with Gasteiger partial charge in [0.2, 0.25) is 0 Å². The number of hydrogen-bond donors (Lipinski definition) is 0. The first-order valence-electron chi connectivity index (χ1n) is 6.99. The minimum Gasteiger partial charge on any atom is -0.494 e. The Kier molecular flexibility index (Phi) is 4.58. The molecule has 1 heterocycles. The number of carbonyl (C=O) groups is 1. The lowest BCUT2D eigenvalue weighted by molar-refractivity contribution is 0.111. The molecule has 4 nitrogen and oxygen atoms in total. The van der Waals surface area contributed by atoms with E-state index in [1.54, 1.807) is 16.8 Å². The highest BCUT2D eigenvalue weighted by Crippen LogP contribution is 2.29. The van der Waals surface area contributed by atoms with Crippen molar-refractivity contribution in [2.45, 2.75) is 27.3 Å². The maximum atomic E-state index is 11.1. The molecule has 0 N–H and O–H groups in total. The third-order valence-electron chi connectivity index (χ3n) is 3.33. The predicted octanol–water partition coefficient (Wildman–Crippen LogP) is 3.56. The molecule has 1 aromatic heterocycles. The predicted molar refractivity (Wildman–Crippen MR) is 83.9 cm³/mol. The van der Waals surface area contributed by atoms with Crippen molar-refractivity contribution in [2.24, 2.45) is 0 Å². The number of carbonyl (C=O) groups excluding carboxylic acids is 1. The van der Waals surface area contributed by atoms with Crippen LogP contribution in [0.25, 0.3) is 11.3 Å². The molecule has 0 saturated carbocycles. The van der Waals surface area contributed by atoms with Gasteiger partial charge in [0.1, 0.15) is 11.4 Å². The van der Waals surface area contributed by atoms with Crippen LogP contribution in [0.5, 0.6) is 5.75 Å². The lowest BCUT2D eigenvalue weighted by Crippen LogP contribution is -2.02. The summed E-state index contributed by atoms with van der Waals surface area (Å²) in [6.07, 6.45) is 2.54. The van der Waals surface area contributed by atoms with Gasteiger partial charge in [-0.25, -0.2) is 0 Å². The number of aryl methyl sites for hydroxylation is 2. The molecule has 2 rings (SSSR count). The van der Waals surface area contributed by atoms with Crippen molar-refractivity contribution in [1.29, 1.82) is 0 Å². The lowest BCUT2D eigenvalue weighted by atomic mass is 10.0. The fourth-order valence-corrected chi connectivity index (χ4v) is 2.30. The Balaban J connectivity index is 2.49. The van der Waals surface area contributed by atoms with Crippen LogP contribution in [0.2, 0.25) is 0 Å². The van der Waals surface area contributed by atoms with Crippen LogP contribution >= 0.6 is 0 Å². The van der Waals surface area contributed by atoms with Crippen molar-refractivity contribution < 1.29 is 9.53 Å². The molecule has 110 valence electrons. The molecular formula is C17H20N2O2. The van der Waals surface area contributed by atoms with E-state index in [0.29, 0.717) is 18.8 Å². The van der Waals surface area contributed by atoms with Crippen LogP contribution in [-0.4, -0.2) is 22.7 Å². The van der Waals surface area contributed by atoms with Crippen molar-refractivity contribution >= 4 is 6.29 Å². The van der Waals surface area contributed by atoms with Crippen LogP contribution in [0.4, 0.5) is 0 Å². The number of hydrogen-bond acceptors (Lipinski definition) is 3. The number of allylic oxidation sites excluding steroid dienone is 1. The van der Waals surface area contributed by atoms with Gasteiger partial charge in [-0.1, -0.05) is 6.08 Å². The van der Waals surface area contributed by atoms with Crippen LogP contribution < -0.4 is 4.74 Å². The Morgan fingerprint density at radius 2 is 2.05 bits per heavy atom. The molecule has 21 heavy (non-hydrogen) atoms. The van der Waals surface area contributed by atoms with Crippen molar-refractivity contribution in [2.75, 3.05) is 6.61 Å². The van der Waals surface area contributed by atoms with Crippen molar-refractivity contribution in [3.63, 3.8) is 0 Å². The van der Waals surface area contributed by atoms with E-state index in [0.717, 1.165) is 34.4 Å². The van der Waals surface area contributed by atoms with E-state index in [2.05, 4.69) is 17.7 Å². The van der Waals surface area contributed by atoms with Crippen LogP contribution in [0.1, 0.15) is 28.5 Å². The van der Waals surface area contributed by atoms with E-state index >= 15 is 0 Å². The van der Waals surface area contributed by atoms with E-state index in [-0.39, 0.29) is 0 Å². The number of ether oxygens (including phenoxy) is 1. The molecule has 0 spiro atoms. The molecule has 0 bridgehead atoms. The molecule has 0 atom stereocenters. The van der Waals surface area contributed by atoms with Gasteiger partial charge in [-0.3, -0.25) is 9.48 Å². The van der Waals surface area contributed by atoms with Gasteiger partial charge in [-0.15, -0.1) is 6.58 Å². The summed E-state index contributed by atoms with van der Waals surface area (Å²) in [5, 5.41) is 4.49. The van der Waals surface area contributed by atoms with Gasteiger partial charge in [-0.2, -0.15) is 5.10 Å². The van der Waals surface area contributed by atoms with Gasteiger partial charge in [0.15, 0.2) is 6.29 Å². The van der Waals surface area contributed by atoms with Crippen LogP contribution in [0.15, 0.2) is 30.9 Å². The normalized spacial score (nSPS) is 10.4. The smallest absolute Gasteiger partial charge is 0.168 e. The fraction of sp³-hybridized carbons (Fsp3) is 0.294. The third-order valence-corrected chi connectivity index (χ3v) is 3.33. The molecule has 4 heteroatoms. The summed E-state index contributed by atoms with van der Waals surface area (Å²) in [5.41, 5.74) is 4.49. The van der Waals surface area contributed by atoms with Gasteiger partial charge in [0, 0.05) is 5.56 Å². The minimum atomic E-state index is 0.517. The zero-order valence-electron chi connectivity index (χ0n) is 12.7. The second-order valence-corrected chi connectivity index (χ2v) is 4.91. The number of nitrogens with zero attached hydrogens (tertiary/aromatic N) is 2. The van der Waals surface area contributed by atoms with Crippen molar-refractivity contribution in [3.8, 4) is 17.0 Å². The van der Waals surface area contributed by atoms with Gasteiger partial charge in [0.25, 0.3) is 0 Å². The van der Waals surface area contributed by atoms with E-state index in [1.165, 1.54) is 0 Å². The summed E-state index contributed by atoms with van der Waals surface area (Å²) in [5.74, 6) is 0.889. The third kappa shape index (κ3) is 3.05. The van der Waals surface area contributed by atoms with E-state index in [4.69, 9.17) is 4.74 Å². The maximum Gasteiger partial charge on any atom is 0.168 e. The quantitative estimate of drug-likeness (QED) is 0.601. The fourth-order valence-electron chi connectivity index (χ4n) is 2.30. The molecule has 2 aromatic rings. The Bertz CT molecular complexity index is 672. The van der Waals surface area contributed by atoms with E-state index < -0.39 is 0 Å². The first kappa shape index (κ1) is 15.0. The Morgan fingerprint density at radius 1 is 1.29 bits per heavy atom. The van der Waals surface area contributed by atoms with Crippen molar-refractivity contribution in [1.82, 2.24) is 9.78 Å². The monoisotopic (exact) mass is 284 g/mol. The topological polar surface area (TPSA) is 44.1 Å². The zero-order valence-corrected chi connectivity index (χ0v) is 12.7. The molecule has 0 radical (unpaired) electrons. The molecule has 0 aliphatic rings. The Labute approximate surface area is 125 Å². The lowest BCUT2D eigenvalue weighted by Gasteiger charge is -2.11. The van der Waals surface area contributed by atoms with Gasteiger partial charge in [0.05, 0.1) is 18.8 Å². The van der Waals surface area contributed by atoms with Crippen LogP contribution in [-0.2, 0) is 6.54 Å². The van der Waals surface area contributed by atoms with Gasteiger partial charge in [-0.05, 0) is 50.1 Å². The summed E-state index contributed by atoms with van der Waals surface area (Å²) in [6.45, 7) is 10.8. The second-order valence-electron chi connectivity index (χ2n) is 4.91. The first-order valence-corrected chi connectivity index (χ1v) is 6.99. The van der Waals surface area contributed by atoms with Crippen LogP contribution in [0.3, 0.4) is 0 Å². The summed E-state index contributed by atoms with van der Waals surface area (Å²) >= 11 is 0. The number of aromatic nitrogens is 2. The van der Waals surface area contributed by atoms with Crippen LogP contribution in [0, 0.1) is 13.8 Å². The molecule has 0 aliphatic heterocycles. The largest absolute Gasteiger partial charge is 0.494 e. The standard InChI is InChI=1S/C17H20N2O2/c1-5-7-19-14(11-20)10-16(18-19)15-8-13(4)17(21-6-2)9-12(15)3/h5,8-11H,1,6-7H2,2-4H3. The SMILES string of the molecule is C=CCn1nc(-c2cc(C)c(OCC)cc2C)cc1C=O. The first-order chi connectivity index (χ1) is 10.1. The average Bonchev–Trinajstić information content (AvgIpc) is 2.86. The molecule has 0 saturated heterocycles. The number of rotatable bonds is 6. The average molecular weight is 284 g/mol. The Hall–Kier alpha value is -2.36. The molecule has 0 aliphatic carbocycles. The minimum absolute atomic E-state index is 0.517. The highest BCUT2D eigenvalue weighted by molar-refractivity contribution is 5.77.